The Kier molecular flexibility index (Phi) is 33.8. The molecule has 0 heterocycles. The fourth-order valence-electron chi connectivity index (χ4n) is 6.64. The van der Waals surface area contributed by atoms with Gasteiger partial charge in [-0.3, -0.25) is 28.8 Å². The lowest BCUT2D eigenvalue weighted by atomic mass is 10.0. The largest absolute Gasteiger partial charge is 0.385 e. The van der Waals surface area contributed by atoms with Gasteiger partial charge in [0.25, 0.3) is 11.8 Å². The summed E-state index contributed by atoms with van der Waals surface area (Å²) in [4.78, 5) is 83.6. The molecule has 0 spiro atoms. The maximum absolute atomic E-state index is 14.3. The number of methoxy groups -OCH3 is 4. The molecule has 0 unspecified atom stereocenters. The van der Waals surface area contributed by atoms with Gasteiger partial charge in [-0.05, 0) is 81.5 Å². The van der Waals surface area contributed by atoms with E-state index < -0.39 is 35.4 Å². The average Bonchev–Trinajstić information content (AvgIpc) is 3.26. The fraction of sp³-hybridized carbons (Fsp3) is 0.739. The Balaban J connectivity index is 3.25. The molecule has 354 valence electrons. The summed E-state index contributed by atoms with van der Waals surface area (Å²) in [6.07, 6.45) is 14.7. The molecule has 16 nitrogen and oxygen atoms in total. The summed E-state index contributed by atoms with van der Waals surface area (Å²) in [7, 11) is 6.66. The van der Waals surface area contributed by atoms with Crippen LogP contribution in [0.4, 0.5) is 0 Å². The smallest absolute Gasteiger partial charge is 0.254 e. The van der Waals surface area contributed by atoms with Crippen molar-refractivity contribution in [1.29, 1.82) is 0 Å². The Bertz CT molecular complexity index is 1250. The van der Waals surface area contributed by atoms with Crippen LogP contribution in [0.3, 0.4) is 0 Å². The van der Waals surface area contributed by atoms with Crippen LogP contribution in [0.2, 0.25) is 0 Å². The highest BCUT2D eigenvalue weighted by Crippen LogP contribution is 2.17. The highest BCUT2D eigenvalue weighted by molar-refractivity contribution is 6.03. The van der Waals surface area contributed by atoms with Gasteiger partial charge in [0.2, 0.25) is 23.6 Å². The molecule has 0 saturated heterocycles. The molecule has 0 aliphatic rings. The van der Waals surface area contributed by atoms with E-state index in [9.17, 15) is 28.8 Å². The SMILES string of the molecule is CCc1cc(C(=O)N(CC(=O)NCCCCCCOC)CC(=O)NCCCCCCOC)cc(C(=O)N(CC(=O)NCCCCCCOC)CC(=O)NCCCCCCOC)c1. The van der Waals surface area contributed by atoms with Crippen molar-refractivity contribution in [2.45, 2.75) is 116 Å². The van der Waals surface area contributed by atoms with Crippen LogP contribution in [-0.2, 0) is 44.5 Å². The zero-order chi connectivity index (χ0) is 45.6. The average molecular weight is 877 g/mol. The van der Waals surface area contributed by atoms with E-state index in [1.54, 1.807) is 40.6 Å². The van der Waals surface area contributed by atoms with Crippen molar-refractivity contribution in [1.82, 2.24) is 31.1 Å². The van der Waals surface area contributed by atoms with Gasteiger partial charge in [-0.2, -0.15) is 0 Å². The molecular formula is C46H80N6O10. The van der Waals surface area contributed by atoms with E-state index >= 15 is 0 Å². The van der Waals surface area contributed by atoms with Gasteiger partial charge in [0, 0.05) is 92.2 Å². The van der Waals surface area contributed by atoms with Crippen LogP contribution in [0.15, 0.2) is 18.2 Å². The molecule has 4 N–H and O–H groups in total. The Morgan fingerprint density at radius 3 is 0.903 bits per heavy atom. The third-order valence-corrected chi connectivity index (χ3v) is 10.2. The fourth-order valence-corrected chi connectivity index (χ4v) is 6.64. The van der Waals surface area contributed by atoms with Gasteiger partial charge < -0.3 is 50.0 Å². The predicted octanol–water partition coefficient (Wildman–Crippen LogP) is 4.43. The quantitative estimate of drug-likeness (QED) is 0.0689. The van der Waals surface area contributed by atoms with Crippen molar-refractivity contribution < 1.29 is 47.7 Å². The molecule has 0 bridgehead atoms. The Labute approximate surface area is 371 Å². The molecule has 0 saturated carbocycles. The van der Waals surface area contributed by atoms with Crippen molar-refractivity contribution in [3.63, 3.8) is 0 Å². The minimum Gasteiger partial charge on any atom is -0.385 e. The van der Waals surface area contributed by atoms with E-state index in [2.05, 4.69) is 21.3 Å². The highest BCUT2D eigenvalue weighted by Gasteiger charge is 2.26. The Hall–Kier alpha value is -4.12. The molecule has 0 fully saturated rings. The second kappa shape index (κ2) is 37.4. The maximum atomic E-state index is 14.3. The van der Waals surface area contributed by atoms with Crippen LogP contribution >= 0.6 is 0 Å². The van der Waals surface area contributed by atoms with Crippen molar-refractivity contribution in [2.24, 2.45) is 0 Å². The number of rotatable bonds is 39. The van der Waals surface area contributed by atoms with E-state index in [-0.39, 0.29) is 37.3 Å². The zero-order valence-corrected chi connectivity index (χ0v) is 38.7. The highest BCUT2D eigenvalue weighted by atomic mass is 16.5. The number of carbonyl (C=O) groups is 6. The number of hydrogen-bond acceptors (Lipinski definition) is 10. The molecule has 16 heteroatoms. The van der Waals surface area contributed by atoms with E-state index in [1.807, 2.05) is 6.92 Å². The first kappa shape index (κ1) is 55.9. The number of unbranched alkanes of at least 4 members (excludes halogenated alkanes) is 12. The first-order valence-electron chi connectivity index (χ1n) is 22.8. The number of hydrogen-bond donors (Lipinski definition) is 4. The second-order valence-corrected chi connectivity index (χ2v) is 15.6. The number of nitrogens with zero attached hydrogens (tertiary/aromatic N) is 2. The first-order chi connectivity index (χ1) is 30.1. The molecule has 0 atom stereocenters. The summed E-state index contributed by atoms with van der Waals surface area (Å²) in [6.45, 7) is 4.85. The van der Waals surface area contributed by atoms with Crippen LogP contribution in [0, 0.1) is 0 Å². The van der Waals surface area contributed by atoms with Crippen molar-refractivity contribution in [3.05, 3.63) is 34.9 Å². The molecular weight excluding hydrogens is 797 g/mol. The minimum absolute atomic E-state index is 0.111. The van der Waals surface area contributed by atoms with Crippen molar-refractivity contribution in [3.8, 4) is 0 Å². The monoisotopic (exact) mass is 877 g/mol. The Morgan fingerprint density at radius 2 is 0.661 bits per heavy atom. The lowest BCUT2D eigenvalue weighted by molar-refractivity contribution is -0.125. The van der Waals surface area contributed by atoms with E-state index in [0.717, 1.165) is 103 Å². The number of aryl methyl sites for hydroxylation is 1. The summed E-state index contributed by atoms with van der Waals surface area (Å²) in [6, 6.07) is 4.70. The zero-order valence-electron chi connectivity index (χ0n) is 38.7. The molecule has 0 aliphatic heterocycles. The van der Waals surface area contributed by atoms with E-state index in [4.69, 9.17) is 18.9 Å². The molecule has 1 aromatic rings. The number of amides is 6. The Morgan fingerprint density at radius 1 is 0.403 bits per heavy atom. The van der Waals surface area contributed by atoms with Crippen molar-refractivity contribution >= 4 is 35.4 Å². The van der Waals surface area contributed by atoms with Crippen LogP contribution in [0.25, 0.3) is 0 Å². The van der Waals surface area contributed by atoms with Gasteiger partial charge in [-0.15, -0.1) is 0 Å². The molecule has 1 aromatic carbocycles. The number of benzene rings is 1. The summed E-state index contributed by atoms with van der Waals surface area (Å²) in [5.41, 5.74) is 0.881. The van der Waals surface area contributed by atoms with E-state index in [0.29, 0.717) is 64.6 Å². The van der Waals surface area contributed by atoms with Gasteiger partial charge in [0.15, 0.2) is 0 Å². The lowest BCUT2D eigenvalue weighted by Gasteiger charge is -2.24. The maximum Gasteiger partial charge on any atom is 0.254 e. The number of carbonyl (C=O) groups excluding carboxylic acids is 6. The standard InChI is InChI=1S/C46H80N6O10/c1-6-38-31-39(45(57)51(34-41(53)47-23-15-7-11-19-27-59-2)35-42(54)48-24-16-8-12-20-28-60-3)33-40(32-38)46(58)52(36-43(55)49-25-17-9-13-21-29-61-4)37-44(56)50-26-18-10-14-22-30-62-5/h31-33H,6-30,34-37H2,1-5H3,(H,47,53)(H,48,54)(H,49,55)(H,50,56). The molecule has 1 rings (SSSR count). The molecule has 0 radical (unpaired) electrons. The lowest BCUT2D eigenvalue weighted by Crippen LogP contribution is -2.46. The van der Waals surface area contributed by atoms with Gasteiger partial charge in [0.1, 0.15) is 26.2 Å². The summed E-state index contributed by atoms with van der Waals surface area (Å²) in [5.74, 6) is -2.82. The topological polar surface area (TPSA) is 194 Å². The van der Waals surface area contributed by atoms with Crippen LogP contribution in [0.5, 0.6) is 0 Å². The summed E-state index contributed by atoms with van der Waals surface area (Å²) in [5, 5.41) is 11.5. The third kappa shape index (κ3) is 27.7. The van der Waals surface area contributed by atoms with Gasteiger partial charge in [-0.25, -0.2) is 0 Å². The van der Waals surface area contributed by atoms with Crippen LogP contribution in [-0.4, -0.2) is 152 Å². The van der Waals surface area contributed by atoms with Gasteiger partial charge >= 0.3 is 0 Å². The molecule has 6 amide bonds. The summed E-state index contributed by atoms with van der Waals surface area (Å²) < 4.78 is 20.4. The van der Waals surface area contributed by atoms with Crippen LogP contribution < -0.4 is 21.3 Å². The van der Waals surface area contributed by atoms with Crippen LogP contribution in [0.1, 0.15) is 136 Å². The van der Waals surface area contributed by atoms with Gasteiger partial charge in [-0.1, -0.05) is 58.3 Å². The third-order valence-electron chi connectivity index (χ3n) is 10.2. The summed E-state index contributed by atoms with van der Waals surface area (Å²) >= 11 is 0. The van der Waals surface area contributed by atoms with E-state index in [1.165, 1.54) is 15.9 Å². The molecule has 0 aliphatic carbocycles. The normalized spacial score (nSPS) is 10.9. The molecule has 62 heavy (non-hydrogen) atoms. The predicted molar refractivity (Wildman–Crippen MR) is 241 cm³/mol. The minimum atomic E-state index is -0.600. The van der Waals surface area contributed by atoms with Crippen molar-refractivity contribution in [2.75, 3.05) is 107 Å². The number of ether oxygens (including phenoxy) is 4. The first-order valence-corrected chi connectivity index (χ1v) is 22.8. The number of nitrogens with one attached hydrogen (secondary N) is 4. The molecule has 0 aromatic heterocycles. The van der Waals surface area contributed by atoms with Gasteiger partial charge in [0.05, 0.1) is 0 Å². The second-order valence-electron chi connectivity index (χ2n) is 15.6.